The average Bonchev–Trinajstić information content (AvgIpc) is 3.72. The summed E-state index contributed by atoms with van der Waals surface area (Å²) in [5.41, 5.74) is 5.03. The minimum absolute atomic E-state index is 0.0957. The van der Waals surface area contributed by atoms with Crippen molar-refractivity contribution in [2.75, 3.05) is 18.4 Å². The number of benzene rings is 4. The molecule has 1 saturated heterocycles. The van der Waals surface area contributed by atoms with Crippen LogP contribution in [-0.4, -0.2) is 59.6 Å². The van der Waals surface area contributed by atoms with Crippen molar-refractivity contribution in [1.82, 2.24) is 34.7 Å². The minimum atomic E-state index is -0.355. The van der Waals surface area contributed by atoms with Crippen molar-refractivity contribution in [3.05, 3.63) is 132 Å². The van der Waals surface area contributed by atoms with Crippen LogP contribution in [0.5, 0.6) is 0 Å². The molecule has 0 bridgehead atoms. The van der Waals surface area contributed by atoms with Crippen molar-refractivity contribution >= 4 is 17.5 Å². The number of carbonyl (C=O) groups excluding carboxylic acids is 2. The van der Waals surface area contributed by atoms with E-state index in [0.29, 0.717) is 42.4 Å². The number of hydrogen-bond acceptors (Lipinski definition) is 6. The van der Waals surface area contributed by atoms with Gasteiger partial charge in [0.25, 0.3) is 11.8 Å². The highest BCUT2D eigenvalue weighted by atomic mass is 19.1. The Morgan fingerprint density at radius 2 is 1.65 bits per heavy atom. The van der Waals surface area contributed by atoms with Gasteiger partial charge < -0.3 is 10.2 Å². The SMILES string of the molecule is Cc1ccc(-c2cn(CC3CCCCN(C(=O)c4nc(-c5ccccc5)n(-c5ccc(F)cc5)n4)C3)nn2)cc1C(=O)Nc1ccccc1. The fourth-order valence-electron chi connectivity index (χ4n) is 6.17. The lowest BCUT2D eigenvalue weighted by atomic mass is 10.0. The predicted octanol–water partition coefficient (Wildman–Crippen LogP) is 6.84. The van der Waals surface area contributed by atoms with E-state index in [4.69, 9.17) is 4.98 Å². The monoisotopic (exact) mass is 654 g/mol. The van der Waals surface area contributed by atoms with E-state index in [2.05, 4.69) is 20.7 Å². The normalized spacial score (nSPS) is 14.7. The summed E-state index contributed by atoms with van der Waals surface area (Å²) in [6, 6.07) is 30.5. The molecule has 1 N–H and O–H groups in total. The first-order valence-electron chi connectivity index (χ1n) is 16.4. The van der Waals surface area contributed by atoms with E-state index in [0.717, 1.165) is 41.6 Å². The zero-order valence-electron chi connectivity index (χ0n) is 27.0. The minimum Gasteiger partial charge on any atom is -0.336 e. The maximum Gasteiger partial charge on any atom is 0.293 e. The van der Waals surface area contributed by atoms with Gasteiger partial charge >= 0.3 is 0 Å². The summed E-state index contributed by atoms with van der Waals surface area (Å²) in [6.45, 7) is 3.61. The van der Waals surface area contributed by atoms with Crippen LogP contribution in [0.1, 0.15) is 45.8 Å². The molecule has 11 heteroatoms. The van der Waals surface area contributed by atoms with Crippen molar-refractivity contribution < 1.29 is 14.0 Å². The molecule has 0 saturated carbocycles. The number of aryl methyl sites for hydroxylation is 1. The van der Waals surface area contributed by atoms with E-state index >= 15 is 0 Å². The van der Waals surface area contributed by atoms with Gasteiger partial charge in [-0.2, -0.15) is 0 Å². The molecule has 2 amide bonds. The van der Waals surface area contributed by atoms with Gasteiger partial charge in [-0.25, -0.2) is 14.1 Å². The van der Waals surface area contributed by atoms with E-state index in [9.17, 15) is 14.0 Å². The number of para-hydroxylation sites is 1. The number of aromatic nitrogens is 6. The maximum absolute atomic E-state index is 13.9. The van der Waals surface area contributed by atoms with Gasteiger partial charge in [-0.15, -0.1) is 10.2 Å². The molecule has 1 aliphatic rings. The van der Waals surface area contributed by atoms with Gasteiger partial charge in [-0.1, -0.05) is 72.3 Å². The molecule has 246 valence electrons. The molecule has 3 heterocycles. The van der Waals surface area contributed by atoms with Crippen molar-refractivity contribution in [1.29, 1.82) is 0 Å². The molecule has 0 radical (unpaired) electrons. The zero-order chi connectivity index (χ0) is 33.7. The Bertz CT molecular complexity index is 2080. The Morgan fingerprint density at radius 1 is 0.898 bits per heavy atom. The average molecular weight is 655 g/mol. The van der Waals surface area contributed by atoms with Gasteiger partial charge in [0, 0.05) is 42.0 Å². The molecule has 4 aromatic carbocycles. The fourth-order valence-corrected chi connectivity index (χ4v) is 6.17. The molecule has 7 rings (SSSR count). The highest BCUT2D eigenvalue weighted by molar-refractivity contribution is 6.06. The van der Waals surface area contributed by atoms with Gasteiger partial charge in [0.05, 0.1) is 11.9 Å². The van der Waals surface area contributed by atoms with E-state index < -0.39 is 0 Å². The number of amides is 2. The molecule has 2 aromatic heterocycles. The van der Waals surface area contributed by atoms with Crippen LogP contribution in [0.25, 0.3) is 28.3 Å². The summed E-state index contributed by atoms with van der Waals surface area (Å²) in [5.74, 6) is -0.0446. The first-order valence-corrected chi connectivity index (χ1v) is 16.4. The van der Waals surface area contributed by atoms with Crippen LogP contribution >= 0.6 is 0 Å². The fraction of sp³-hybridized carbons (Fsp3) is 0.211. The Balaban J connectivity index is 1.07. The molecule has 0 aliphatic carbocycles. The standard InChI is InChI=1S/C38H35FN8O2/c1-26-15-16-29(22-33(26)37(48)40-31-13-6-3-7-14-31)34-25-46(44-42-34)24-27-10-8-9-21-45(23-27)38(49)35-41-36(28-11-4-2-5-12-28)47(43-35)32-19-17-30(39)18-20-32/h2-7,11-20,22,25,27H,8-10,21,23-24H2,1H3,(H,40,48). The van der Waals surface area contributed by atoms with Crippen molar-refractivity contribution in [3.63, 3.8) is 0 Å². The summed E-state index contributed by atoms with van der Waals surface area (Å²) in [6.07, 6.45) is 4.66. The van der Waals surface area contributed by atoms with Crippen molar-refractivity contribution in [2.24, 2.45) is 5.92 Å². The zero-order valence-corrected chi connectivity index (χ0v) is 27.0. The lowest BCUT2D eigenvalue weighted by Gasteiger charge is -2.23. The Hall–Kier alpha value is -5.97. The number of likely N-dealkylation sites (tertiary alicyclic amines) is 1. The summed E-state index contributed by atoms with van der Waals surface area (Å²) in [4.78, 5) is 33.5. The van der Waals surface area contributed by atoms with Crippen LogP contribution in [0.4, 0.5) is 10.1 Å². The molecular weight excluding hydrogens is 619 g/mol. The third kappa shape index (κ3) is 7.15. The van der Waals surface area contributed by atoms with Crippen LogP contribution in [0.3, 0.4) is 0 Å². The lowest BCUT2D eigenvalue weighted by Crippen LogP contribution is -2.36. The Morgan fingerprint density at radius 3 is 2.43 bits per heavy atom. The highest BCUT2D eigenvalue weighted by Crippen LogP contribution is 2.26. The molecule has 49 heavy (non-hydrogen) atoms. The number of anilines is 1. The first-order chi connectivity index (χ1) is 23.9. The van der Waals surface area contributed by atoms with Gasteiger partial charge in [0.15, 0.2) is 5.82 Å². The number of rotatable bonds is 8. The Kier molecular flexibility index (Phi) is 9.05. The lowest BCUT2D eigenvalue weighted by molar-refractivity contribution is 0.0723. The third-order valence-electron chi connectivity index (χ3n) is 8.75. The molecule has 6 aromatic rings. The van der Waals surface area contributed by atoms with E-state index in [1.807, 2.05) is 102 Å². The van der Waals surface area contributed by atoms with E-state index in [1.165, 1.54) is 12.1 Å². The third-order valence-corrected chi connectivity index (χ3v) is 8.75. The van der Waals surface area contributed by atoms with Crippen LogP contribution in [0.2, 0.25) is 0 Å². The second-order valence-electron chi connectivity index (χ2n) is 12.3. The summed E-state index contributed by atoms with van der Waals surface area (Å²) in [7, 11) is 0. The van der Waals surface area contributed by atoms with Gasteiger partial charge in [-0.05, 0) is 73.7 Å². The van der Waals surface area contributed by atoms with Gasteiger partial charge in [0.2, 0.25) is 5.82 Å². The second kappa shape index (κ2) is 14.0. The molecule has 10 nitrogen and oxygen atoms in total. The summed E-state index contributed by atoms with van der Waals surface area (Å²) < 4.78 is 17.1. The molecule has 1 aliphatic heterocycles. The number of nitrogens with one attached hydrogen (secondary N) is 1. The number of hydrogen-bond donors (Lipinski definition) is 1. The van der Waals surface area contributed by atoms with Crippen LogP contribution in [0.15, 0.2) is 109 Å². The molecule has 1 fully saturated rings. The number of halogens is 1. The second-order valence-corrected chi connectivity index (χ2v) is 12.3. The topological polar surface area (TPSA) is 111 Å². The molecule has 0 spiro atoms. The quantitative estimate of drug-likeness (QED) is 0.193. The van der Waals surface area contributed by atoms with Gasteiger partial charge in [-0.3, -0.25) is 14.3 Å². The van der Waals surface area contributed by atoms with Crippen LogP contribution < -0.4 is 5.32 Å². The summed E-state index contributed by atoms with van der Waals surface area (Å²) >= 11 is 0. The number of carbonyl (C=O) groups is 2. The first kappa shape index (κ1) is 31.6. The number of nitrogens with zero attached hydrogens (tertiary/aromatic N) is 7. The van der Waals surface area contributed by atoms with E-state index in [-0.39, 0.29) is 29.4 Å². The molecule has 1 unspecified atom stereocenters. The van der Waals surface area contributed by atoms with Crippen molar-refractivity contribution in [3.8, 4) is 28.3 Å². The van der Waals surface area contributed by atoms with Gasteiger partial charge in [0.1, 0.15) is 11.5 Å². The summed E-state index contributed by atoms with van der Waals surface area (Å²) in [5, 5.41) is 16.4. The largest absolute Gasteiger partial charge is 0.336 e. The van der Waals surface area contributed by atoms with Crippen LogP contribution in [0, 0.1) is 18.7 Å². The Labute approximate surface area is 283 Å². The molecule has 1 atom stereocenters. The molecular formula is C38H35FN8O2. The van der Waals surface area contributed by atoms with Crippen molar-refractivity contribution in [2.45, 2.75) is 32.7 Å². The predicted molar refractivity (Wildman–Crippen MR) is 185 cm³/mol. The smallest absolute Gasteiger partial charge is 0.293 e. The highest BCUT2D eigenvalue weighted by Gasteiger charge is 2.28. The maximum atomic E-state index is 13.9. The van der Waals surface area contributed by atoms with Crippen LogP contribution in [-0.2, 0) is 6.54 Å². The van der Waals surface area contributed by atoms with E-state index in [1.54, 1.807) is 16.8 Å².